The smallest absolute Gasteiger partial charge is 0.319 e. The highest BCUT2D eigenvalue weighted by Crippen LogP contribution is 2.10. The number of carboxylic acid groups (broad SMARTS) is 1. The normalized spacial score (nSPS) is 11.2. The predicted octanol–water partition coefficient (Wildman–Crippen LogP) is 2.43. The Hall–Kier alpha value is -2.48. The van der Waals surface area contributed by atoms with Gasteiger partial charge in [-0.15, -0.1) is 6.42 Å². The SMILES string of the molecule is C#Cc1cccc(NC(=O)NC(CCC)CC(=O)O)c1. The van der Waals surface area contributed by atoms with Crippen LogP contribution in [0.5, 0.6) is 0 Å². The number of aliphatic carboxylic acids is 1. The van der Waals surface area contributed by atoms with Crippen LogP contribution in [-0.2, 0) is 4.79 Å². The fourth-order valence-electron chi connectivity index (χ4n) is 1.82. The number of urea groups is 1. The molecule has 3 N–H and O–H groups in total. The molecule has 1 aromatic rings. The van der Waals surface area contributed by atoms with Gasteiger partial charge in [0.15, 0.2) is 0 Å². The van der Waals surface area contributed by atoms with Crippen molar-refractivity contribution in [3.63, 3.8) is 0 Å². The van der Waals surface area contributed by atoms with Crippen molar-refractivity contribution >= 4 is 17.7 Å². The van der Waals surface area contributed by atoms with Crippen molar-refractivity contribution in [2.75, 3.05) is 5.32 Å². The first-order valence-corrected chi connectivity index (χ1v) is 6.41. The third-order valence-electron chi connectivity index (χ3n) is 2.68. The maximum atomic E-state index is 11.8. The lowest BCUT2D eigenvalue weighted by molar-refractivity contribution is -0.137. The Labute approximate surface area is 118 Å². The highest BCUT2D eigenvalue weighted by molar-refractivity contribution is 5.89. The van der Waals surface area contributed by atoms with Gasteiger partial charge in [-0.1, -0.05) is 25.3 Å². The summed E-state index contributed by atoms with van der Waals surface area (Å²) in [5, 5.41) is 14.1. The second-order valence-electron chi connectivity index (χ2n) is 4.41. The Morgan fingerprint density at radius 1 is 1.45 bits per heavy atom. The van der Waals surface area contributed by atoms with Gasteiger partial charge in [-0.3, -0.25) is 4.79 Å². The number of anilines is 1. The Morgan fingerprint density at radius 2 is 2.20 bits per heavy atom. The van der Waals surface area contributed by atoms with E-state index in [0.717, 1.165) is 6.42 Å². The molecule has 0 aliphatic rings. The van der Waals surface area contributed by atoms with E-state index in [1.807, 2.05) is 6.92 Å². The summed E-state index contributed by atoms with van der Waals surface area (Å²) in [6.45, 7) is 1.94. The Balaban J connectivity index is 2.60. The molecule has 20 heavy (non-hydrogen) atoms. The van der Waals surface area contributed by atoms with E-state index in [0.29, 0.717) is 17.7 Å². The van der Waals surface area contributed by atoms with E-state index in [1.165, 1.54) is 0 Å². The standard InChI is InChI=1S/C15H18N2O3/c1-3-6-12(10-14(18)19)16-15(20)17-13-8-5-7-11(4-2)9-13/h2,5,7-9,12H,3,6,10H2,1H3,(H,18,19)(H2,16,17,20). The van der Waals surface area contributed by atoms with Gasteiger partial charge in [0.25, 0.3) is 0 Å². The number of carbonyl (C=O) groups excluding carboxylic acids is 1. The van der Waals surface area contributed by atoms with Crippen LogP contribution in [0.25, 0.3) is 0 Å². The van der Waals surface area contributed by atoms with Crippen molar-refractivity contribution in [3.8, 4) is 12.3 Å². The third-order valence-corrected chi connectivity index (χ3v) is 2.68. The molecule has 0 aliphatic heterocycles. The molecule has 0 saturated carbocycles. The lowest BCUT2D eigenvalue weighted by Crippen LogP contribution is -2.39. The van der Waals surface area contributed by atoms with Gasteiger partial charge in [-0.25, -0.2) is 4.79 Å². The number of terminal acetylenes is 1. The van der Waals surface area contributed by atoms with Gasteiger partial charge in [-0.2, -0.15) is 0 Å². The lowest BCUT2D eigenvalue weighted by atomic mass is 10.1. The minimum absolute atomic E-state index is 0.0916. The van der Waals surface area contributed by atoms with Crippen LogP contribution in [0, 0.1) is 12.3 Å². The monoisotopic (exact) mass is 274 g/mol. The summed E-state index contributed by atoms with van der Waals surface area (Å²) < 4.78 is 0. The average molecular weight is 274 g/mol. The largest absolute Gasteiger partial charge is 0.481 e. The van der Waals surface area contributed by atoms with Gasteiger partial charge in [0.1, 0.15) is 0 Å². The molecule has 0 fully saturated rings. The number of carboxylic acids is 1. The highest BCUT2D eigenvalue weighted by Gasteiger charge is 2.15. The van der Waals surface area contributed by atoms with Gasteiger partial charge < -0.3 is 15.7 Å². The first-order valence-electron chi connectivity index (χ1n) is 6.41. The number of amides is 2. The van der Waals surface area contributed by atoms with Crippen LogP contribution in [-0.4, -0.2) is 23.1 Å². The predicted molar refractivity (Wildman–Crippen MR) is 77.5 cm³/mol. The summed E-state index contributed by atoms with van der Waals surface area (Å²) in [6, 6.07) is 6.07. The van der Waals surface area contributed by atoms with E-state index in [2.05, 4.69) is 16.6 Å². The molecule has 0 bridgehead atoms. The fourth-order valence-corrected chi connectivity index (χ4v) is 1.82. The number of carbonyl (C=O) groups is 2. The van der Waals surface area contributed by atoms with E-state index >= 15 is 0 Å². The molecule has 5 heteroatoms. The van der Waals surface area contributed by atoms with Crippen molar-refractivity contribution in [2.45, 2.75) is 32.2 Å². The molecular weight excluding hydrogens is 256 g/mol. The summed E-state index contributed by atoms with van der Waals surface area (Å²) in [7, 11) is 0. The van der Waals surface area contributed by atoms with Gasteiger partial charge in [0.2, 0.25) is 0 Å². The van der Waals surface area contributed by atoms with Crippen LogP contribution in [0.15, 0.2) is 24.3 Å². The quantitative estimate of drug-likeness (QED) is 0.697. The van der Waals surface area contributed by atoms with Crippen LogP contribution in [0.2, 0.25) is 0 Å². The first kappa shape index (κ1) is 15.6. The maximum Gasteiger partial charge on any atom is 0.319 e. The zero-order valence-corrected chi connectivity index (χ0v) is 11.3. The molecule has 1 atom stereocenters. The number of nitrogens with one attached hydrogen (secondary N) is 2. The number of benzene rings is 1. The summed E-state index contributed by atoms with van der Waals surface area (Å²) in [4.78, 5) is 22.5. The molecule has 1 unspecified atom stereocenters. The molecular formula is C15H18N2O3. The number of hydrogen-bond donors (Lipinski definition) is 3. The minimum Gasteiger partial charge on any atom is -0.481 e. The Kier molecular flexibility index (Phi) is 6.11. The molecule has 0 aromatic heterocycles. The third kappa shape index (κ3) is 5.44. The molecule has 1 rings (SSSR count). The zero-order valence-electron chi connectivity index (χ0n) is 11.3. The highest BCUT2D eigenvalue weighted by atomic mass is 16.4. The van der Waals surface area contributed by atoms with Crippen molar-refractivity contribution < 1.29 is 14.7 Å². The van der Waals surface area contributed by atoms with Crippen LogP contribution in [0.1, 0.15) is 31.7 Å². The molecule has 1 aromatic carbocycles. The lowest BCUT2D eigenvalue weighted by Gasteiger charge is -2.16. The minimum atomic E-state index is -0.932. The van der Waals surface area contributed by atoms with Crippen molar-refractivity contribution in [1.29, 1.82) is 0 Å². The second kappa shape index (κ2) is 7.85. The van der Waals surface area contributed by atoms with Crippen LogP contribution >= 0.6 is 0 Å². The van der Waals surface area contributed by atoms with Crippen molar-refractivity contribution in [1.82, 2.24) is 5.32 Å². The van der Waals surface area contributed by atoms with E-state index in [9.17, 15) is 9.59 Å². The van der Waals surface area contributed by atoms with Gasteiger partial charge in [0.05, 0.1) is 6.42 Å². The van der Waals surface area contributed by atoms with Gasteiger partial charge >= 0.3 is 12.0 Å². The first-order chi connectivity index (χ1) is 9.55. The second-order valence-corrected chi connectivity index (χ2v) is 4.41. The van der Waals surface area contributed by atoms with Crippen molar-refractivity contribution in [3.05, 3.63) is 29.8 Å². The fraction of sp³-hybridized carbons (Fsp3) is 0.333. The molecule has 0 saturated heterocycles. The molecule has 5 nitrogen and oxygen atoms in total. The van der Waals surface area contributed by atoms with Crippen LogP contribution in [0.3, 0.4) is 0 Å². The average Bonchev–Trinajstić information content (AvgIpc) is 2.38. The van der Waals surface area contributed by atoms with Crippen LogP contribution in [0.4, 0.5) is 10.5 Å². The summed E-state index contributed by atoms with van der Waals surface area (Å²) >= 11 is 0. The van der Waals surface area contributed by atoms with Crippen molar-refractivity contribution in [2.24, 2.45) is 0 Å². The maximum absolute atomic E-state index is 11.8. The summed E-state index contributed by atoms with van der Waals surface area (Å²) in [5.74, 6) is 1.55. The molecule has 0 heterocycles. The Morgan fingerprint density at radius 3 is 2.80 bits per heavy atom. The van der Waals surface area contributed by atoms with Gasteiger partial charge in [-0.05, 0) is 24.6 Å². The number of rotatable bonds is 6. The summed E-state index contributed by atoms with van der Waals surface area (Å²) in [6.07, 6.45) is 6.60. The van der Waals surface area contributed by atoms with E-state index in [-0.39, 0.29) is 12.5 Å². The van der Waals surface area contributed by atoms with Crippen LogP contribution < -0.4 is 10.6 Å². The molecule has 0 aliphatic carbocycles. The summed E-state index contributed by atoms with van der Waals surface area (Å²) in [5.41, 5.74) is 1.24. The molecule has 2 amide bonds. The zero-order chi connectivity index (χ0) is 15.0. The van der Waals surface area contributed by atoms with E-state index in [4.69, 9.17) is 11.5 Å². The van der Waals surface area contributed by atoms with E-state index < -0.39 is 12.0 Å². The molecule has 0 spiro atoms. The van der Waals surface area contributed by atoms with E-state index in [1.54, 1.807) is 24.3 Å². The topological polar surface area (TPSA) is 78.4 Å². The Bertz CT molecular complexity index is 520. The van der Waals surface area contributed by atoms with Gasteiger partial charge in [0, 0.05) is 17.3 Å². The molecule has 0 radical (unpaired) electrons. The number of hydrogen-bond acceptors (Lipinski definition) is 2. The molecule has 106 valence electrons.